The third-order valence-corrected chi connectivity index (χ3v) is 4.74. The van der Waals surface area contributed by atoms with Crippen molar-refractivity contribution in [1.82, 2.24) is 5.43 Å². The van der Waals surface area contributed by atoms with Gasteiger partial charge in [0.15, 0.2) is 0 Å². The van der Waals surface area contributed by atoms with Crippen molar-refractivity contribution in [2.45, 2.75) is 38.1 Å². The van der Waals surface area contributed by atoms with Crippen molar-refractivity contribution in [3.8, 4) is 0 Å². The molecule has 1 atom stereocenters. The first-order valence-electron chi connectivity index (χ1n) is 7.39. The molecule has 0 heterocycles. The average Bonchev–Trinajstić information content (AvgIpc) is 2.49. The maximum Gasteiger partial charge on any atom is 0.0500 e. The monoisotopic (exact) mass is 300 g/mol. The van der Waals surface area contributed by atoms with Gasteiger partial charge < -0.3 is 0 Å². The molecule has 0 radical (unpaired) electrons. The fourth-order valence-electron chi connectivity index (χ4n) is 2.61. The lowest BCUT2D eigenvalue weighted by Crippen LogP contribution is -2.30. The van der Waals surface area contributed by atoms with E-state index in [2.05, 4.69) is 68.7 Å². The fourth-order valence-corrected chi connectivity index (χ4v) is 3.27. The minimum absolute atomic E-state index is 0.144. The number of thioether (sulfide) groups is 1. The first kappa shape index (κ1) is 16.1. The normalized spacial score (nSPS) is 12.4. The first-order chi connectivity index (χ1) is 10.2. The minimum Gasteiger partial charge on any atom is -0.271 e. The van der Waals surface area contributed by atoms with Crippen molar-refractivity contribution in [1.29, 1.82) is 0 Å². The number of nitrogens with one attached hydrogen (secondary N) is 1. The molecule has 2 aromatic carbocycles. The second-order valence-corrected chi connectivity index (χ2v) is 6.63. The molecule has 0 aromatic heterocycles. The van der Waals surface area contributed by atoms with Gasteiger partial charge >= 0.3 is 0 Å². The van der Waals surface area contributed by atoms with E-state index in [1.165, 1.54) is 27.1 Å². The van der Waals surface area contributed by atoms with Gasteiger partial charge in [-0.25, -0.2) is 0 Å². The molecule has 0 aliphatic rings. The number of aryl methyl sites for hydroxylation is 2. The summed E-state index contributed by atoms with van der Waals surface area (Å²) in [5.74, 6) is 6.89. The smallest absolute Gasteiger partial charge is 0.0500 e. The Morgan fingerprint density at radius 2 is 1.67 bits per heavy atom. The van der Waals surface area contributed by atoms with Gasteiger partial charge in [0.05, 0.1) is 0 Å². The molecule has 0 spiro atoms. The molecule has 112 valence electrons. The molecule has 0 saturated carbocycles. The highest BCUT2D eigenvalue weighted by Crippen LogP contribution is 2.25. The number of hydrogen-bond acceptors (Lipinski definition) is 3. The zero-order chi connectivity index (χ0) is 15.2. The summed E-state index contributed by atoms with van der Waals surface area (Å²) in [5, 5.41) is 0. The lowest BCUT2D eigenvalue weighted by molar-refractivity contribution is 0.549. The number of hydrazine groups is 1. The Labute approximate surface area is 132 Å². The van der Waals surface area contributed by atoms with E-state index in [9.17, 15) is 0 Å². The molecule has 3 N–H and O–H groups in total. The molecule has 0 aliphatic carbocycles. The molecule has 21 heavy (non-hydrogen) atoms. The van der Waals surface area contributed by atoms with Crippen molar-refractivity contribution in [3.63, 3.8) is 0 Å². The molecule has 1 unspecified atom stereocenters. The molecule has 0 fully saturated rings. The Kier molecular flexibility index (Phi) is 5.85. The Morgan fingerprint density at radius 3 is 2.19 bits per heavy atom. The summed E-state index contributed by atoms with van der Waals surface area (Å²) in [5.41, 5.74) is 8.24. The summed E-state index contributed by atoms with van der Waals surface area (Å²) in [6.45, 7) is 6.50. The van der Waals surface area contributed by atoms with Crippen molar-refractivity contribution < 1.29 is 0 Å². The second kappa shape index (κ2) is 7.64. The maximum atomic E-state index is 5.79. The standard InChI is InChI=1S/C18H24N2S/c1-4-21-16-10-8-15(9-11-16)18(20-19)12-17-13(2)6-5-7-14(17)3/h5-11,18,20H,4,12,19H2,1-3H3. The van der Waals surface area contributed by atoms with E-state index in [4.69, 9.17) is 5.84 Å². The molecule has 2 rings (SSSR count). The lowest BCUT2D eigenvalue weighted by atomic mass is 9.93. The summed E-state index contributed by atoms with van der Waals surface area (Å²) in [7, 11) is 0. The van der Waals surface area contributed by atoms with Crippen LogP contribution in [0.15, 0.2) is 47.4 Å². The van der Waals surface area contributed by atoms with Gasteiger partial charge in [-0.3, -0.25) is 11.3 Å². The van der Waals surface area contributed by atoms with E-state index in [-0.39, 0.29) is 6.04 Å². The molecule has 0 bridgehead atoms. The van der Waals surface area contributed by atoms with E-state index >= 15 is 0 Å². The van der Waals surface area contributed by atoms with Crippen molar-refractivity contribution >= 4 is 11.8 Å². The van der Waals surface area contributed by atoms with Crippen molar-refractivity contribution in [2.75, 3.05) is 5.75 Å². The van der Waals surface area contributed by atoms with Gasteiger partial charge in [0.2, 0.25) is 0 Å². The van der Waals surface area contributed by atoms with E-state index in [1.54, 1.807) is 0 Å². The molecule has 0 aliphatic heterocycles. The highest BCUT2D eigenvalue weighted by atomic mass is 32.2. The van der Waals surface area contributed by atoms with Gasteiger partial charge in [-0.15, -0.1) is 11.8 Å². The lowest BCUT2D eigenvalue weighted by Gasteiger charge is -2.19. The van der Waals surface area contributed by atoms with Gasteiger partial charge in [-0.05, 0) is 60.4 Å². The minimum atomic E-state index is 0.144. The maximum absolute atomic E-state index is 5.79. The fraction of sp³-hybridized carbons (Fsp3) is 0.333. The predicted molar refractivity (Wildman–Crippen MR) is 92.5 cm³/mol. The zero-order valence-electron chi connectivity index (χ0n) is 13.0. The van der Waals surface area contributed by atoms with Gasteiger partial charge in [-0.2, -0.15) is 0 Å². The topological polar surface area (TPSA) is 38.0 Å². The van der Waals surface area contributed by atoms with Crippen LogP contribution in [0, 0.1) is 13.8 Å². The quantitative estimate of drug-likeness (QED) is 0.478. The third-order valence-electron chi connectivity index (χ3n) is 3.85. The summed E-state index contributed by atoms with van der Waals surface area (Å²) < 4.78 is 0. The van der Waals surface area contributed by atoms with Crippen LogP contribution in [0.3, 0.4) is 0 Å². The Balaban J connectivity index is 2.19. The van der Waals surface area contributed by atoms with Crippen LogP contribution in [-0.4, -0.2) is 5.75 Å². The first-order valence-corrected chi connectivity index (χ1v) is 8.38. The summed E-state index contributed by atoms with van der Waals surface area (Å²) in [6, 6.07) is 15.3. The Morgan fingerprint density at radius 1 is 1.05 bits per heavy atom. The highest BCUT2D eigenvalue weighted by Gasteiger charge is 2.13. The van der Waals surface area contributed by atoms with Gasteiger partial charge in [0.1, 0.15) is 0 Å². The molecular formula is C18H24N2S. The van der Waals surface area contributed by atoms with Gasteiger partial charge in [0, 0.05) is 10.9 Å². The Bertz CT molecular complexity index is 558. The number of hydrogen-bond donors (Lipinski definition) is 2. The van der Waals surface area contributed by atoms with Crippen LogP contribution in [0.5, 0.6) is 0 Å². The summed E-state index contributed by atoms with van der Waals surface area (Å²) in [6.07, 6.45) is 0.912. The molecule has 2 nitrogen and oxygen atoms in total. The van der Waals surface area contributed by atoms with E-state index < -0.39 is 0 Å². The summed E-state index contributed by atoms with van der Waals surface area (Å²) >= 11 is 1.86. The molecular weight excluding hydrogens is 276 g/mol. The molecule has 2 aromatic rings. The number of benzene rings is 2. The molecule has 0 amide bonds. The second-order valence-electron chi connectivity index (χ2n) is 5.30. The summed E-state index contributed by atoms with van der Waals surface area (Å²) in [4.78, 5) is 1.31. The van der Waals surface area contributed by atoms with Crippen LogP contribution >= 0.6 is 11.8 Å². The number of nitrogens with two attached hydrogens (primary N) is 1. The van der Waals surface area contributed by atoms with Gasteiger partial charge in [-0.1, -0.05) is 37.3 Å². The van der Waals surface area contributed by atoms with E-state index in [0.29, 0.717) is 0 Å². The van der Waals surface area contributed by atoms with E-state index in [0.717, 1.165) is 12.2 Å². The zero-order valence-corrected chi connectivity index (χ0v) is 13.8. The third kappa shape index (κ3) is 4.10. The van der Waals surface area contributed by atoms with Crippen molar-refractivity contribution in [2.24, 2.45) is 5.84 Å². The van der Waals surface area contributed by atoms with Crippen LogP contribution in [0.1, 0.15) is 35.2 Å². The van der Waals surface area contributed by atoms with Crippen LogP contribution in [0.2, 0.25) is 0 Å². The van der Waals surface area contributed by atoms with Gasteiger partial charge in [0.25, 0.3) is 0 Å². The number of rotatable bonds is 6. The van der Waals surface area contributed by atoms with Crippen LogP contribution < -0.4 is 11.3 Å². The molecule has 3 heteroatoms. The SMILES string of the molecule is CCSc1ccc(C(Cc2c(C)cccc2C)NN)cc1. The van der Waals surface area contributed by atoms with Crippen molar-refractivity contribution in [3.05, 3.63) is 64.7 Å². The Hall–Kier alpha value is -1.29. The highest BCUT2D eigenvalue weighted by molar-refractivity contribution is 7.99. The predicted octanol–water partition coefficient (Wildman–Crippen LogP) is 4.16. The molecule has 0 saturated heterocycles. The van der Waals surface area contributed by atoms with Crippen LogP contribution in [0.4, 0.5) is 0 Å². The largest absolute Gasteiger partial charge is 0.271 e. The average molecular weight is 300 g/mol. The van der Waals surface area contributed by atoms with E-state index in [1.807, 2.05) is 11.8 Å². The van der Waals surface area contributed by atoms with Crippen LogP contribution in [0.25, 0.3) is 0 Å². The van der Waals surface area contributed by atoms with Crippen LogP contribution in [-0.2, 0) is 6.42 Å².